The van der Waals surface area contributed by atoms with Crippen LogP contribution in [0.4, 0.5) is 0 Å². The van der Waals surface area contributed by atoms with E-state index in [1.54, 1.807) is 0 Å². The monoisotopic (exact) mass is 644 g/mol. The van der Waals surface area contributed by atoms with E-state index in [2.05, 4.69) is 72.8 Å². The third-order valence-electron chi connectivity index (χ3n) is 9.41. The normalized spacial score (nSPS) is 11.1. The summed E-state index contributed by atoms with van der Waals surface area (Å²) < 4.78 is 0. The largest absolute Gasteiger partial charge is 0.298 e. The van der Waals surface area contributed by atoms with Crippen LogP contribution in [0.2, 0.25) is 0 Å². The van der Waals surface area contributed by atoms with Gasteiger partial charge < -0.3 is 0 Å². The number of fused-ring (bicyclic) bond motifs is 4. The summed E-state index contributed by atoms with van der Waals surface area (Å²) in [5.41, 5.74) is 7.99. The van der Waals surface area contributed by atoms with Crippen LogP contribution in [0, 0.1) is 0 Å². The van der Waals surface area contributed by atoms with E-state index in [1.165, 1.54) is 0 Å². The van der Waals surface area contributed by atoms with Gasteiger partial charge in [0, 0.05) is 22.3 Å². The van der Waals surface area contributed by atoms with Crippen LogP contribution in [0.1, 0.15) is 63.7 Å². The Morgan fingerprint density at radius 3 is 0.700 bits per heavy atom. The molecule has 0 saturated heterocycles. The van der Waals surface area contributed by atoms with Crippen molar-refractivity contribution in [3.8, 4) is 0 Å². The Kier molecular flexibility index (Phi) is 7.75. The highest BCUT2D eigenvalue weighted by atomic mass is 16.1. The van der Waals surface area contributed by atoms with Gasteiger partial charge in [0.1, 0.15) is 25.1 Å². The lowest BCUT2D eigenvalue weighted by Crippen LogP contribution is -1.99. The maximum Gasteiger partial charge on any atom is 0.150 e. The van der Waals surface area contributed by atoms with Gasteiger partial charge in [0.25, 0.3) is 0 Å². The lowest BCUT2D eigenvalue weighted by atomic mass is 9.83. The minimum Gasteiger partial charge on any atom is -0.298 e. The molecule has 0 aliphatic heterocycles. The first kappa shape index (κ1) is 30.5. The van der Waals surface area contributed by atoms with E-state index in [9.17, 15) is 19.2 Å². The van der Waals surface area contributed by atoms with E-state index in [0.29, 0.717) is 22.3 Å². The van der Waals surface area contributed by atoms with Crippen LogP contribution in [0.5, 0.6) is 0 Å². The molecule has 0 aliphatic carbocycles. The van der Waals surface area contributed by atoms with Gasteiger partial charge in [0.05, 0.1) is 0 Å². The van der Waals surface area contributed by atoms with Crippen LogP contribution < -0.4 is 0 Å². The molecule has 0 fully saturated rings. The van der Waals surface area contributed by atoms with E-state index >= 15 is 0 Å². The van der Waals surface area contributed by atoms with Gasteiger partial charge in [-0.25, -0.2) is 0 Å². The van der Waals surface area contributed by atoms with Gasteiger partial charge >= 0.3 is 0 Å². The van der Waals surface area contributed by atoms with Crippen molar-refractivity contribution >= 4 is 79.4 Å². The molecule has 50 heavy (non-hydrogen) atoms. The Morgan fingerprint density at radius 2 is 0.480 bits per heavy atom. The quantitative estimate of drug-likeness (QED) is 0.122. The third kappa shape index (κ3) is 5.59. The fourth-order valence-corrected chi connectivity index (χ4v) is 6.89. The molecule has 0 unspecified atom stereocenters. The summed E-state index contributed by atoms with van der Waals surface area (Å²) in [6.45, 7) is 0. The number of rotatable bonds is 8. The van der Waals surface area contributed by atoms with Crippen molar-refractivity contribution in [2.24, 2.45) is 0 Å². The molecule has 0 radical (unpaired) electrons. The van der Waals surface area contributed by atoms with Crippen LogP contribution in [-0.4, -0.2) is 25.1 Å². The van der Waals surface area contributed by atoms with Gasteiger partial charge in [-0.2, -0.15) is 0 Å². The van der Waals surface area contributed by atoms with E-state index in [-0.39, 0.29) is 0 Å². The zero-order valence-corrected chi connectivity index (χ0v) is 26.8. The average Bonchev–Trinajstić information content (AvgIpc) is 3.18. The van der Waals surface area contributed by atoms with Crippen molar-refractivity contribution in [3.05, 3.63) is 190 Å². The third-order valence-corrected chi connectivity index (χ3v) is 9.41. The molecule has 8 rings (SSSR count). The second-order valence-corrected chi connectivity index (χ2v) is 12.5. The molecule has 0 N–H and O–H groups in total. The Balaban J connectivity index is 1.51. The number of hydrogen-bond donors (Lipinski definition) is 0. The van der Waals surface area contributed by atoms with Crippen molar-refractivity contribution < 1.29 is 19.2 Å². The molecule has 0 amide bonds. The Labute approximate surface area is 287 Å². The average molecular weight is 645 g/mol. The van der Waals surface area contributed by atoms with E-state index in [1.807, 2.05) is 72.8 Å². The summed E-state index contributed by atoms with van der Waals surface area (Å²) in [4.78, 5) is 47.1. The van der Waals surface area contributed by atoms with Gasteiger partial charge in [-0.05, 0) is 125 Å². The fourth-order valence-electron chi connectivity index (χ4n) is 6.89. The maximum absolute atomic E-state index is 11.8. The van der Waals surface area contributed by atoms with Gasteiger partial charge in [-0.1, -0.05) is 97.1 Å². The van der Waals surface area contributed by atoms with Gasteiger partial charge in [0.2, 0.25) is 0 Å². The van der Waals surface area contributed by atoms with Crippen LogP contribution >= 0.6 is 0 Å². The minimum absolute atomic E-state index is 0.591. The fraction of sp³-hybridized carbons (Fsp3) is 0. The topological polar surface area (TPSA) is 68.3 Å². The van der Waals surface area contributed by atoms with E-state index in [0.717, 1.165) is 102 Å². The predicted molar refractivity (Wildman–Crippen MR) is 202 cm³/mol. The van der Waals surface area contributed by atoms with Crippen molar-refractivity contribution in [2.45, 2.75) is 0 Å². The molecule has 4 heteroatoms. The second-order valence-electron chi connectivity index (χ2n) is 12.5. The van der Waals surface area contributed by atoms with Crippen molar-refractivity contribution in [1.82, 2.24) is 0 Å². The van der Waals surface area contributed by atoms with Crippen LogP contribution in [0.25, 0.3) is 54.2 Å². The van der Waals surface area contributed by atoms with Crippen molar-refractivity contribution in [2.75, 3.05) is 0 Å². The van der Waals surface area contributed by atoms with Crippen molar-refractivity contribution in [1.29, 1.82) is 0 Å². The van der Waals surface area contributed by atoms with E-state index < -0.39 is 0 Å². The van der Waals surface area contributed by atoms with Gasteiger partial charge in [-0.3, -0.25) is 19.2 Å². The molecule has 0 heterocycles. The molecule has 8 aromatic rings. The highest BCUT2D eigenvalue weighted by molar-refractivity contribution is 6.09. The Morgan fingerprint density at radius 1 is 0.260 bits per heavy atom. The van der Waals surface area contributed by atoms with Gasteiger partial charge in [-0.15, -0.1) is 0 Å². The molecule has 0 atom stereocenters. The summed E-state index contributed by atoms with van der Waals surface area (Å²) in [5, 5.41) is 7.74. The molecule has 0 aliphatic rings. The molecule has 0 aromatic heterocycles. The summed E-state index contributed by atoms with van der Waals surface area (Å²) in [6.07, 6.45) is 3.42. The first-order valence-corrected chi connectivity index (χ1v) is 16.3. The summed E-state index contributed by atoms with van der Waals surface area (Å²) in [6, 6.07) is 47.8. The maximum atomic E-state index is 11.8. The first-order chi connectivity index (χ1) is 24.5. The second kappa shape index (κ2) is 12.7. The number of carbonyl (C=O) groups is 4. The Hall–Kier alpha value is -6.78. The molecular formula is C46H28O4. The first-order valence-electron chi connectivity index (χ1n) is 16.3. The zero-order chi connectivity index (χ0) is 34.2. The number of carbonyl (C=O) groups excluding carboxylic acids is 4. The zero-order valence-electron chi connectivity index (χ0n) is 26.8. The van der Waals surface area contributed by atoms with Crippen LogP contribution in [-0.2, 0) is 0 Å². The van der Waals surface area contributed by atoms with E-state index in [4.69, 9.17) is 0 Å². The molecular weight excluding hydrogens is 617 g/mol. The minimum atomic E-state index is 0.591. The summed E-state index contributed by atoms with van der Waals surface area (Å²) in [7, 11) is 0. The summed E-state index contributed by atoms with van der Waals surface area (Å²) in [5.74, 6) is 0. The molecule has 4 nitrogen and oxygen atoms in total. The predicted octanol–water partition coefficient (Wildman–Crippen LogP) is 10.6. The standard InChI is InChI=1S/C46H28O4/c47-25-29-1-5-33-9-13-37(21-41(33)17-29)45(38-14-10-34-6-2-30(26-48)18-42(34)22-38)46(39-15-11-35-7-3-31(27-49)19-43(35)23-39)40-16-12-36-8-4-32(28-50)20-44(36)24-40/h1-28H. The Bertz CT molecular complexity index is 2360. The summed E-state index contributed by atoms with van der Waals surface area (Å²) >= 11 is 0. The highest BCUT2D eigenvalue weighted by Gasteiger charge is 2.19. The van der Waals surface area contributed by atoms with Gasteiger partial charge in [0.15, 0.2) is 0 Å². The molecule has 0 bridgehead atoms. The molecule has 8 aromatic carbocycles. The lowest BCUT2D eigenvalue weighted by molar-refractivity contribution is 0.111. The van der Waals surface area contributed by atoms with Crippen LogP contribution in [0.15, 0.2) is 146 Å². The molecule has 0 saturated carbocycles. The van der Waals surface area contributed by atoms with Crippen molar-refractivity contribution in [3.63, 3.8) is 0 Å². The number of benzene rings is 8. The molecule has 0 spiro atoms. The lowest BCUT2D eigenvalue weighted by Gasteiger charge is -2.20. The molecule has 236 valence electrons. The number of hydrogen-bond acceptors (Lipinski definition) is 4. The number of aldehydes is 4. The highest BCUT2D eigenvalue weighted by Crippen LogP contribution is 2.40. The smallest absolute Gasteiger partial charge is 0.150 e. The SMILES string of the molecule is O=Cc1ccc2ccc(C(=C(c3ccc4ccc(C=O)cc4c3)c3ccc4ccc(C=O)cc4c3)c3ccc4ccc(C=O)cc4c3)cc2c1. The van der Waals surface area contributed by atoms with Crippen LogP contribution in [0.3, 0.4) is 0 Å².